The summed E-state index contributed by atoms with van der Waals surface area (Å²) in [5.41, 5.74) is 2.03. The van der Waals surface area contributed by atoms with E-state index in [9.17, 15) is 14.4 Å². The third kappa shape index (κ3) is 7.05. The molecule has 1 fully saturated rings. The van der Waals surface area contributed by atoms with Gasteiger partial charge in [0, 0.05) is 49.4 Å². The summed E-state index contributed by atoms with van der Waals surface area (Å²) in [7, 11) is 5.37. The molecule has 0 unspecified atom stereocenters. The van der Waals surface area contributed by atoms with Crippen LogP contribution in [0, 0.1) is 5.92 Å². The summed E-state index contributed by atoms with van der Waals surface area (Å²) >= 11 is 6.04. The van der Waals surface area contributed by atoms with E-state index in [1.807, 2.05) is 38.2 Å². The van der Waals surface area contributed by atoms with Crippen molar-refractivity contribution in [3.05, 3.63) is 64.7 Å². The molecule has 2 aromatic carbocycles. The molecule has 7 nitrogen and oxygen atoms in total. The minimum atomic E-state index is -0.579. The van der Waals surface area contributed by atoms with Crippen molar-refractivity contribution in [2.75, 3.05) is 39.5 Å². The maximum Gasteiger partial charge on any atom is 0.252 e. The van der Waals surface area contributed by atoms with E-state index in [0.29, 0.717) is 29.2 Å². The molecule has 0 saturated carbocycles. The molecular weight excluding hydrogens is 464 g/mol. The molecule has 35 heavy (non-hydrogen) atoms. The highest BCUT2D eigenvalue weighted by Crippen LogP contribution is 2.33. The molecule has 0 aliphatic carbocycles. The normalized spacial score (nSPS) is 18.7. The standard InChI is InChI=1S/C27H35ClN4O3/c1-5-6-10-24(27(35)31(2)3)30-25(33)19-8-7-9-21(15-19)29-26(34)23-17-32(4)16-22(23)18-11-13-20(28)14-12-18/h7-9,11-15,22-24H,5-6,10,16-17H2,1-4H3,(H,29,34)(H,30,33)/t22-,23+,24+/m1/s1. The highest BCUT2D eigenvalue weighted by molar-refractivity contribution is 6.30. The summed E-state index contributed by atoms with van der Waals surface area (Å²) in [6.45, 7) is 3.47. The quantitative estimate of drug-likeness (QED) is 0.547. The molecule has 1 heterocycles. The maximum absolute atomic E-state index is 13.2. The molecule has 2 aromatic rings. The van der Waals surface area contributed by atoms with Crippen LogP contribution in [0.15, 0.2) is 48.5 Å². The molecule has 8 heteroatoms. The first kappa shape index (κ1) is 26.7. The number of carbonyl (C=O) groups is 3. The zero-order chi connectivity index (χ0) is 25.5. The summed E-state index contributed by atoms with van der Waals surface area (Å²) in [4.78, 5) is 42.3. The number of rotatable bonds is 9. The Hall–Kier alpha value is -2.90. The Bertz CT molecular complexity index is 1040. The number of likely N-dealkylation sites (tertiary alicyclic amines) is 1. The molecule has 1 aliphatic rings. The predicted octanol–water partition coefficient (Wildman–Crippen LogP) is 4.00. The van der Waals surface area contributed by atoms with Gasteiger partial charge in [0.1, 0.15) is 6.04 Å². The third-order valence-electron chi connectivity index (χ3n) is 6.42. The molecule has 0 radical (unpaired) electrons. The van der Waals surface area contributed by atoms with Crippen LogP contribution in [-0.2, 0) is 9.59 Å². The average molecular weight is 499 g/mol. The second-order valence-electron chi connectivity index (χ2n) is 9.46. The molecule has 0 aromatic heterocycles. The fraction of sp³-hybridized carbons (Fsp3) is 0.444. The van der Waals surface area contributed by atoms with Crippen LogP contribution in [0.3, 0.4) is 0 Å². The zero-order valence-corrected chi connectivity index (χ0v) is 21.6. The zero-order valence-electron chi connectivity index (χ0n) is 20.9. The van der Waals surface area contributed by atoms with E-state index in [4.69, 9.17) is 11.6 Å². The molecule has 188 valence electrons. The van der Waals surface area contributed by atoms with Gasteiger partial charge in [0.15, 0.2) is 0 Å². The first-order valence-electron chi connectivity index (χ1n) is 12.1. The smallest absolute Gasteiger partial charge is 0.252 e. The van der Waals surface area contributed by atoms with Gasteiger partial charge in [-0.3, -0.25) is 14.4 Å². The van der Waals surface area contributed by atoms with E-state index in [1.54, 1.807) is 38.4 Å². The van der Waals surface area contributed by atoms with E-state index in [-0.39, 0.29) is 29.6 Å². The highest BCUT2D eigenvalue weighted by Gasteiger charge is 2.37. The first-order valence-corrected chi connectivity index (χ1v) is 12.4. The average Bonchev–Trinajstić information content (AvgIpc) is 3.23. The maximum atomic E-state index is 13.2. The van der Waals surface area contributed by atoms with Gasteiger partial charge in [0.2, 0.25) is 11.8 Å². The van der Waals surface area contributed by atoms with Crippen LogP contribution in [0.25, 0.3) is 0 Å². The van der Waals surface area contributed by atoms with Gasteiger partial charge in [0.25, 0.3) is 5.91 Å². The van der Waals surface area contributed by atoms with Gasteiger partial charge >= 0.3 is 0 Å². The van der Waals surface area contributed by atoms with Crippen molar-refractivity contribution in [2.24, 2.45) is 5.92 Å². The lowest BCUT2D eigenvalue weighted by atomic mass is 9.88. The van der Waals surface area contributed by atoms with Crippen molar-refractivity contribution in [1.82, 2.24) is 15.1 Å². The van der Waals surface area contributed by atoms with Crippen molar-refractivity contribution >= 4 is 35.0 Å². The molecular formula is C27H35ClN4O3. The van der Waals surface area contributed by atoms with Crippen molar-refractivity contribution in [2.45, 2.75) is 38.1 Å². The lowest BCUT2D eigenvalue weighted by molar-refractivity contribution is -0.130. The summed E-state index contributed by atoms with van der Waals surface area (Å²) in [5, 5.41) is 6.52. The van der Waals surface area contributed by atoms with E-state index < -0.39 is 6.04 Å². The number of carbonyl (C=O) groups excluding carboxylic acids is 3. The Labute approximate surface area is 212 Å². The summed E-state index contributed by atoms with van der Waals surface area (Å²) in [5.74, 6) is -0.725. The van der Waals surface area contributed by atoms with Crippen molar-refractivity contribution < 1.29 is 14.4 Å². The van der Waals surface area contributed by atoms with Gasteiger partial charge in [-0.2, -0.15) is 0 Å². The Kier molecular flexibility index (Phi) is 9.29. The number of hydrogen-bond donors (Lipinski definition) is 2. The monoisotopic (exact) mass is 498 g/mol. The fourth-order valence-electron chi connectivity index (χ4n) is 4.51. The Balaban J connectivity index is 1.71. The van der Waals surface area contributed by atoms with Crippen molar-refractivity contribution in [1.29, 1.82) is 0 Å². The van der Waals surface area contributed by atoms with E-state index in [1.165, 1.54) is 4.90 Å². The Morgan fingerprint density at radius 2 is 1.83 bits per heavy atom. The van der Waals surface area contributed by atoms with Crippen LogP contribution >= 0.6 is 11.6 Å². The van der Waals surface area contributed by atoms with Crippen molar-refractivity contribution in [3.63, 3.8) is 0 Å². The molecule has 2 N–H and O–H groups in total. The van der Waals surface area contributed by atoms with Gasteiger partial charge < -0.3 is 20.4 Å². The van der Waals surface area contributed by atoms with E-state index >= 15 is 0 Å². The van der Waals surface area contributed by atoms with E-state index in [0.717, 1.165) is 24.9 Å². The van der Waals surface area contributed by atoms with Gasteiger partial charge in [-0.25, -0.2) is 0 Å². The Morgan fingerprint density at radius 3 is 2.49 bits per heavy atom. The van der Waals surface area contributed by atoms with Gasteiger partial charge in [-0.15, -0.1) is 0 Å². The first-order chi connectivity index (χ1) is 16.7. The topological polar surface area (TPSA) is 81.8 Å². The number of nitrogens with one attached hydrogen (secondary N) is 2. The second-order valence-corrected chi connectivity index (χ2v) is 9.89. The molecule has 3 atom stereocenters. The largest absolute Gasteiger partial charge is 0.347 e. The van der Waals surface area contributed by atoms with Gasteiger partial charge in [0.05, 0.1) is 5.92 Å². The highest BCUT2D eigenvalue weighted by atomic mass is 35.5. The molecule has 1 saturated heterocycles. The van der Waals surface area contributed by atoms with Crippen molar-refractivity contribution in [3.8, 4) is 0 Å². The van der Waals surface area contributed by atoms with Crippen LogP contribution in [0.5, 0.6) is 0 Å². The third-order valence-corrected chi connectivity index (χ3v) is 6.67. The second kappa shape index (κ2) is 12.2. The van der Waals surface area contributed by atoms with Crippen LogP contribution in [0.4, 0.5) is 5.69 Å². The number of benzene rings is 2. The van der Waals surface area contributed by atoms with Crippen LogP contribution < -0.4 is 10.6 Å². The molecule has 1 aliphatic heterocycles. The summed E-state index contributed by atoms with van der Waals surface area (Å²) in [6.07, 6.45) is 2.35. The number of halogens is 1. The molecule has 0 spiro atoms. The lowest BCUT2D eigenvalue weighted by Crippen LogP contribution is -2.46. The number of anilines is 1. The molecule has 0 bridgehead atoms. The van der Waals surface area contributed by atoms with Gasteiger partial charge in [-0.1, -0.05) is 49.6 Å². The minimum absolute atomic E-state index is 0.0557. The predicted molar refractivity (Wildman–Crippen MR) is 140 cm³/mol. The number of nitrogens with zero attached hydrogens (tertiary/aromatic N) is 2. The van der Waals surface area contributed by atoms with Crippen LogP contribution in [0.1, 0.15) is 48.0 Å². The number of unbranched alkanes of at least 4 members (excludes halogenated alkanes) is 1. The number of amides is 3. The number of hydrogen-bond acceptors (Lipinski definition) is 4. The fourth-order valence-corrected chi connectivity index (χ4v) is 4.63. The minimum Gasteiger partial charge on any atom is -0.347 e. The molecule has 3 amide bonds. The molecule has 3 rings (SSSR count). The van der Waals surface area contributed by atoms with Gasteiger partial charge in [-0.05, 0) is 49.4 Å². The van der Waals surface area contributed by atoms with E-state index in [2.05, 4.69) is 15.5 Å². The Morgan fingerprint density at radius 1 is 1.11 bits per heavy atom. The van der Waals surface area contributed by atoms with Crippen LogP contribution in [0.2, 0.25) is 5.02 Å². The van der Waals surface area contributed by atoms with Crippen LogP contribution in [-0.4, -0.2) is 67.8 Å². The SMILES string of the molecule is CCCC[C@H](NC(=O)c1cccc(NC(=O)[C@H]2CN(C)C[C@@H]2c2ccc(Cl)cc2)c1)C(=O)N(C)C. The number of likely N-dealkylation sites (N-methyl/N-ethyl adjacent to an activating group) is 2. The summed E-state index contributed by atoms with van der Waals surface area (Å²) in [6, 6.07) is 13.9. The summed E-state index contributed by atoms with van der Waals surface area (Å²) < 4.78 is 0. The lowest BCUT2D eigenvalue weighted by Gasteiger charge is -2.22.